The molecule has 0 N–H and O–H groups in total. The largest absolute Gasteiger partial charge is 0.466 e. The first-order chi connectivity index (χ1) is 9.20. The summed E-state index contributed by atoms with van der Waals surface area (Å²) in [4.78, 5) is 18.5. The molecular weight excluding hydrogens is 240 g/mol. The quantitative estimate of drug-likeness (QED) is 0.780. The maximum absolute atomic E-state index is 11.7. The van der Waals surface area contributed by atoms with Crippen molar-refractivity contribution in [1.29, 1.82) is 0 Å². The molecule has 1 fully saturated rings. The van der Waals surface area contributed by atoms with Crippen LogP contribution in [0.1, 0.15) is 31.0 Å². The monoisotopic (exact) mass is 262 g/mol. The normalized spacial score (nSPS) is 17.4. The molecule has 1 saturated heterocycles. The third-order valence-electron chi connectivity index (χ3n) is 3.70. The molecule has 0 aromatic carbocycles. The lowest BCUT2D eigenvalue weighted by Crippen LogP contribution is -2.36. The maximum atomic E-state index is 11.7. The molecule has 1 aromatic heterocycles. The molecule has 0 bridgehead atoms. The minimum Gasteiger partial charge on any atom is -0.466 e. The van der Waals surface area contributed by atoms with Gasteiger partial charge < -0.3 is 4.74 Å². The second-order valence-electron chi connectivity index (χ2n) is 5.07. The lowest BCUT2D eigenvalue weighted by molar-refractivity contribution is -0.149. The van der Waals surface area contributed by atoms with Crippen molar-refractivity contribution < 1.29 is 9.53 Å². The summed E-state index contributed by atoms with van der Waals surface area (Å²) in [7, 11) is 0. The molecule has 1 aromatic rings. The maximum Gasteiger partial charge on any atom is 0.309 e. The van der Waals surface area contributed by atoms with Crippen molar-refractivity contribution >= 4 is 5.97 Å². The number of hydrogen-bond donors (Lipinski definition) is 0. The Labute approximate surface area is 114 Å². The molecule has 4 heteroatoms. The van der Waals surface area contributed by atoms with Crippen LogP contribution in [-0.2, 0) is 16.1 Å². The van der Waals surface area contributed by atoms with Gasteiger partial charge >= 0.3 is 5.97 Å². The Hall–Kier alpha value is -1.42. The Kier molecular flexibility index (Phi) is 4.91. The van der Waals surface area contributed by atoms with Crippen LogP contribution in [0.15, 0.2) is 18.3 Å². The van der Waals surface area contributed by atoms with E-state index in [1.807, 2.05) is 19.2 Å². The number of hydrogen-bond acceptors (Lipinski definition) is 4. The average Bonchev–Trinajstić information content (AvgIpc) is 2.42. The van der Waals surface area contributed by atoms with Crippen LogP contribution in [0, 0.1) is 12.8 Å². The van der Waals surface area contributed by atoms with Crippen LogP contribution in [0.25, 0.3) is 0 Å². The van der Waals surface area contributed by atoms with E-state index >= 15 is 0 Å². The number of likely N-dealkylation sites (tertiary alicyclic amines) is 1. The predicted molar refractivity (Wildman–Crippen MR) is 73.6 cm³/mol. The first-order valence-corrected chi connectivity index (χ1v) is 7.00. The van der Waals surface area contributed by atoms with E-state index in [1.165, 1.54) is 5.56 Å². The van der Waals surface area contributed by atoms with Gasteiger partial charge in [-0.1, -0.05) is 6.07 Å². The van der Waals surface area contributed by atoms with Gasteiger partial charge in [-0.2, -0.15) is 0 Å². The number of ether oxygens (including phenoxy) is 1. The Morgan fingerprint density at radius 2 is 2.21 bits per heavy atom. The van der Waals surface area contributed by atoms with E-state index < -0.39 is 0 Å². The lowest BCUT2D eigenvalue weighted by atomic mass is 9.97. The van der Waals surface area contributed by atoms with Crippen LogP contribution in [0.3, 0.4) is 0 Å². The van der Waals surface area contributed by atoms with Crippen LogP contribution in [0.4, 0.5) is 0 Å². The Balaban J connectivity index is 1.84. The van der Waals surface area contributed by atoms with Crippen LogP contribution in [0.5, 0.6) is 0 Å². The van der Waals surface area contributed by atoms with Crippen molar-refractivity contribution in [3.05, 3.63) is 29.6 Å². The van der Waals surface area contributed by atoms with Crippen LogP contribution in [-0.4, -0.2) is 35.5 Å². The molecular formula is C15H22N2O2. The molecule has 0 amide bonds. The smallest absolute Gasteiger partial charge is 0.309 e. The molecule has 0 radical (unpaired) electrons. The Morgan fingerprint density at radius 1 is 1.47 bits per heavy atom. The van der Waals surface area contributed by atoms with Gasteiger partial charge in [0.1, 0.15) is 0 Å². The molecule has 2 rings (SSSR count). The minimum absolute atomic E-state index is 0.0313. The second kappa shape index (κ2) is 6.66. The SMILES string of the molecule is CCOC(=O)C1CCN(Cc2ncccc2C)CC1. The van der Waals surface area contributed by atoms with Crippen molar-refractivity contribution in [2.24, 2.45) is 5.92 Å². The summed E-state index contributed by atoms with van der Waals surface area (Å²) in [6.07, 6.45) is 3.63. The Bertz CT molecular complexity index is 426. The van der Waals surface area contributed by atoms with E-state index in [9.17, 15) is 4.79 Å². The molecule has 19 heavy (non-hydrogen) atoms. The number of esters is 1. The van der Waals surface area contributed by atoms with Crippen LogP contribution < -0.4 is 0 Å². The second-order valence-corrected chi connectivity index (χ2v) is 5.07. The molecule has 1 aliphatic heterocycles. The summed E-state index contributed by atoms with van der Waals surface area (Å²) in [5, 5.41) is 0. The molecule has 2 heterocycles. The molecule has 0 saturated carbocycles. The lowest BCUT2D eigenvalue weighted by Gasteiger charge is -2.30. The number of carbonyl (C=O) groups is 1. The van der Waals surface area contributed by atoms with Crippen molar-refractivity contribution in [2.45, 2.75) is 33.2 Å². The van der Waals surface area contributed by atoms with Gasteiger partial charge in [-0.05, 0) is 51.4 Å². The van der Waals surface area contributed by atoms with Gasteiger partial charge in [0, 0.05) is 12.7 Å². The summed E-state index contributed by atoms with van der Waals surface area (Å²) < 4.78 is 5.08. The number of piperidine rings is 1. The number of aromatic nitrogens is 1. The number of carbonyl (C=O) groups excluding carboxylic acids is 1. The van der Waals surface area contributed by atoms with E-state index in [4.69, 9.17) is 4.74 Å². The summed E-state index contributed by atoms with van der Waals surface area (Å²) in [5.41, 5.74) is 2.37. The van der Waals surface area contributed by atoms with Gasteiger partial charge in [0.25, 0.3) is 0 Å². The number of pyridine rings is 1. The van der Waals surface area contributed by atoms with Gasteiger partial charge in [-0.25, -0.2) is 0 Å². The fourth-order valence-electron chi connectivity index (χ4n) is 2.48. The van der Waals surface area contributed by atoms with E-state index in [-0.39, 0.29) is 11.9 Å². The fourth-order valence-corrected chi connectivity index (χ4v) is 2.48. The van der Waals surface area contributed by atoms with Crippen LogP contribution >= 0.6 is 0 Å². The highest BCUT2D eigenvalue weighted by Gasteiger charge is 2.26. The van der Waals surface area contributed by atoms with E-state index in [2.05, 4.69) is 22.9 Å². The minimum atomic E-state index is -0.0313. The third-order valence-corrected chi connectivity index (χ3v) is 3.70. The third kappa shape index (κ3) is 3.77. The van der Waals surface area contributed by atoms with E-state index in [1.54, 1.807) is 0 Å². The highest BCUT2D eigenvalue weighted by atomic mass is 16.5. The zero-order valence-electron chi connectivity index (χ0n) is 11.8. The molecule has 0 unspecified atom stereocenters. The topological polar surface area (TPSA) is 42.4 Å². The van der Waals surface area contributed by atoms with Gasteiger partial charge in [-0.15, -0.1) is 0 Å². The number of aryl methyl sites for hydroxylation is 1. The van der Waals surface area contributed by atoms with E-state index in [0.29, 0.717) is 6.61 Å². The van der Waals surface area contributed by atoms with Crippen molar-refractivity contribution in [1.82, 2.24) is 9.88 Å². The summed E-state index contributed by atoms with van der Waals surface area (Å²) in [6, 6.07) is 4.06. The first-order valence-electron chi connectivity index (χ1n) is 7.00. The molecule has 0 aliphatic carbocycles. The van der Waals surface area contributed by atoms with Gasteiger partial charge in [-0.3, -0.25) is 14.7 Å². The summed E-state index contributed by atoms with van der Waals surface area (Å²) in [6.45, 7) is 7.19. The van der Waals surface area contributed by atoms with Gasteiger partial charge in [0.2, 0.25) is 0 Å². The summed E-state index contributed by atoms with van der Waals surface area (Å²) in [5.74, 6) is 0.0530. The number of nitrogens with zero attached hydrogens (tertiary/aromatic N) is 2. The number of rotatable bonds is 4. The molecule has 1 aliphatic rings. The molecule has 104 valence electrons. The Morgan fingerprint density at radius 3 is 2.84 bits per heavy atom. The van der Waals surface area contributed by atoms with Gasteiger partial charge in [0.05, 0.1) is 18.2 Å². The van der Waals surface area contributed by atoms with Gasteiger partial charge in [0.15, 0.2) is 0 Å². The van der Waals surface area contributed by atoms with E-state index in [0.717, 1.165) is 38.2 Å². The standard InChI is InChI=1S/C15H22N2O2/c1-3-19-15(18)13-6-9-17(10-7-13)11-14-12(2)5-4-8-16-14/h4-5,8,13H,3,6-7,9-11H2,1-2H3. The average molecular weight is 262 g/mol. The van der Waals surface area contributed by atoms with Crippen molar-refractivity contribution in [3.8, 4) is 0 Å². The molecule has 0 spiro atoms. The predicted octanol–water partition coefficient (Wildman–Crippen LogP) is 2.17. The zero-order valence-corrected chi connectivity index (χ0v) is 11.8. The molecule has 0 atom stereocenters. The first kappa shape index (κ1) is 14.0. The fraction of sp³-hybridized carbons (Fsp3) is 0.600. The molecule has 4 nitrogen and oxygen atoms in total. The highest BCUT2D eigenvalue weighted by Crippen LogP contribution is 2.20. The zero-order chi connectivity index (χ0) is 13.7. The highest BCUT2D eigenvalue weighted by molar-refractivity contribution is 5.72. The van der Waals surface area contributed by atoms with Crippen LogP contribution in [0.2, 0.25) is 0 Å². The summed E-state index contributed by atoms with van der Waals surface area (Å²) >= 11 is 0. The van der Waals surface area contributed by atoms with Crippen molar-refractivity contribution in [3.63, 3.8) is 0 Å². The van der Waals surface area contributed by atoms with Crippen molar-refractivity contribution in [2.75, 3.05) is 19.7 Å².